The lowest BCUT2D eigenvalue weighted by atomic mass is 10.0. The zero-order valence-corrected chi connectivity index (χ0v) is 17.1. The first-order chi connectivity index (χ1) is 15.2. The summed E-state index contributed by atoms with van der Waals surface area (Å²) in [4.78, 5) is 17.0. The monoisotopic (exact) mass is 461 g/mol. The highest BCUT2D eigenvalue weighted by Crippen LogP contribution is 2.37. The topological polar surface area (TPSA) is 60.1 Å². The second-order valence-electron chi connectivity index (χ2n) is 6.81. The lowest BCUT2D eigenvalue weighted by Gasteiger charge is -2.10. The Labute approximate surface area is 183 Å². The molecule has 2 heterocycles. The number of halogens is 4. The summed E-state index contributed by atoms with van der Waals surface area (Å²) in [5.41, 5.74) is -2.64. The molecule has 0 amide bonds. The zero-order valence-electron chi connectivity index (χ0n) is 16.3. The molecule has 164 valence electrons. The van der Waals surface area contributed by atoms with Crippen LogP contribution in [0.3, 0.4) is 0 Å². The standard InChI is InChI=1S/C22H15F4N3O2S/c23-16-3-1-14(2-4-16)19-11-27-10-9-15(19)12-28-13-20(30)29(21(28)31)17-5-7-18(8-6-17)32-22(24,25)26/h1-11,13,30H,12H2. The Balaban J connectivity index is 1.65. The largest absolute Gasteiger partial charge is 0.493 e. The molecular weight excluding hydrogens is 446 g/mol. The highest BCUT2D eigenvalue weighted by Gasteiger charge is 2.29. The predicted molar refractivity (Wildman–Crippen MR) is 112 cm³/mol. The van der Waals surface area contributed by atoms with Gasteiger partial charge in [-0.3, -0.25) is 9.55 Å². The fourth-order valence-corrected chi connectivity index (χ4v) is 3.81. The van der Waals surface area contributed by atoms with E-state index in [1.807, 2.05) is 0 Å². The second-order valence-corrected chi connectivity index (χ2v) is 7.95. The number of hydrogen-bond acceptors (Lipinski definition) is 4. The third kappa shape index (κ3) is 4.70. The maximum atomic E-state index is 13.3. The van der Waals surface area contributed by atoms with Crippen LogP contribution in [0.4, 0.5) is 17.6 Å². The SMILES string of the molecule is O=c1n(Cc2ccncc2-c2ccc(F)cc2)cc(O)n1-c1ccc(SC(F)(F)F)cc1. The van der Waals surface area contributed by atoms with E-state index in [2.05, 4.69) is 4.98 Å². The Bertz CT molecular complexity index is 1300. The molecule has 0 unspecified atom stereocenters. The third-order valence-electron chi connectivity index (χ3n) is 4.67. The first-order valence-corrected chi connectivity index (χ1v) is 10.1. The van der Waals surface area contributed by atoms with Gasteiger partial charge in [0.1, 0.15) is 5.82 Å². The Morgan fingerprint density at radius 1 is 1.00 bits per heavy atom. The van der Waals surface area contributed by atoms with Gasteiger partial charge in [-0.1, -0.05) is 12.1 Å². The molecule has 1 N–H and O–H groups in total. The molecular formula is C22H15F4N3O2S. The maximum absolute atomic E-state index is 13.3. The minimum atomic E-state index is -4.42. The second kappa shape index (κ2) is 8.54. The van der Waals surface area contributed by atoms with E-state index in [1.54, 1.807) is 30.6 Å². The fourth-order valence-electron chi connectivity index (χ4n) is 3.27. The van der Waals surface area contributed by atoms with Crippen molar-refractivity contribution in [3.8, 4) is 22.7 Å². The van der Waals surface area contributed by atoms with Gasteiger partial charge in [0, 0.05) is 22.9 Å². The summed E-state index contributed by atoms with van der Waals surface area (Å²) in [7, 11) is 0. The first kappa shape index (κ1) is 21.7. The van der Waals surface area contributed by atoms with Crippen molar-refractivity contribution in [2.24, 2.45) is 0 Å². The molecule has 2 aromatic carbocycles. The normalized spacial score (nSPS) is 11.6. The molecule has 0 bridgehead atoms. The zero-order chi connectivity index (χ0) is 22.9. The Morgan fingerprint density at radius 3 is 2.34 bits per heavy atom. The number of imidazole rings is 1. The molecule has 32 heavy (non-hydrogen) atoms. The highest BCUT2D eigenvalue weighted by molar-refractivity contribution is 8.00. The van der Waals surface area contributed by atoms with Crippen molar-refractivity contribution in [2.75, 3.05) is 0 Å². The van der Waals surface area contributed by atoms with Crippen LogP contribution >= 0.6 is 11.8 Å². The van der Waals surface area contributed by atoms with Gasteiger partial charge in [-0.25, -0.2) is 13.8 Å². The van der Waals surface area contributed by atoms with Gasteiger partial charge in [-0.05, 0) is 65.4 Å². The summed E-state index contributed by atoms with van der Waals surface area (Å²) < 4.78 is 53.1. The number of benzene rings is 2. The van der Waals surface area contributed by atoms with Crippen LogP contribution in [0.1, 0.15) is 5.56 Å². The summed E-state index contributed by atoms with van der Waals surface area (Å²) in [6, 6.07) is 12.7. The molecule has 0 aliphatic carbocycles. The first-order valence-electron chi connectivity index (χ1n) is 9.27. The van der Waals surface area contributed by atoms with Crippen molar-refractivity contribution in [1.82, 2.24) is 14.1 Å². The molecule has 4 aromatic rings. The van der Waals surface area contributed by atoms with Crippen molar-refractivity contribution in [2.45, 2.75) is 16.9 Å². The summed E-state index contributed by atoms with van der Waals surface area (Å²) in [6.07, 6.45) is 4.40. The average Bonchev–Trinajstić information content (AvgIpc) is 3.02. The molecule has 0 atom stereocenters. The number of aromatic hydroxyl groups is 1. The van der Waals surface area contributed by atoms with E-state index < -0.39 is 11.2 Å². The number of hydrogen-bond donors (Lipinski definition) is 1. The van der Waals surface area contributed by atoms with Gasteiger partial charge in [-0.15, -0.1) is 0 Å². The number of rotatable bonds is 5. The van der Waals surface area contributed by atoms with Gasteiger partial charge < -0.3 is 5.11 Å². The molecule has 5 nitrogen and oxygen atoms in total. The number of thioether (sulfide) groups is 1. The Kier molecular flexibility index (Phi) is 5.79. The van der Waals surface area contributed by atoms with E-state index in [1.165, 1.54) is 47.2 Å². The van der Waals surface area contributed by atoms with E-state index in [-0.39, 0.29) is 40.6 Å². The molecule has 0 saturated carbocycles. The molecule has 0 fully saturated rings. The molecule has 0 spiro atoms. The van der Waals surface area contributed by atoms with Crippen LogP contribution in [0.15, 0.2) is 82.9 Å². The van der Waals surface area contributed by atoms with Crippen molar-refractivity contribution < 1.29 is 22.7 Å². The van der Waals surface area contributed by atoms with Crippen LogP contribution in [0.5, 0.6) is 5.88 Å². The summed E-state index contributed by atoms with van der Waals surface area (Å²) in [5.74, 6) is -0.735. The van der Waals surface area contributed by atoms with Crippen molar-refractivity contribution in [1.29, 1.82) is 0 Å². The van der Waals surface area contributed by atoms with Crippen LogP contribution in [0.2, 0.25) is 0 Å². The van der Waals surface area contributed by atoms with Gasteiger partial charge in [0.05, 0.1) is 18.4 Å². The number of nitrogens with zero attached hydrogens (tertiary/aromatic N) is 3. The summed E-state index contributed by atoms with van der Waals surface area (Å²) >= 11 is -0.264. The molecule has 2 aromatic heterocycles. The van der Waals surface area contributed by atoms with E-state index in [0.29, 0.717) is 16.7 Å². The minimum absolute atomic E-state index is 0.0334. The van der Waals surface area contributed by atoms with Crippen LogP contribution in [-0.4, -0.2) is 24.7 Å². The van der Waals surface area contributed by atoms with E-state index in [9.17, 15) is 27.5 Å². The quantitative estimate of drug-likeness (QED) is 0.328. The fraction of sp³-hybridized carbons (Fsp3) is 0.0909. The number of alkyl halides is 3. The Hall–Kier alpha value is -3.53. The van der Waals surface area contributed by atoms with Gasteiger partial charge >= 0.3 is 11.2 Å². The molecule has 0 aliphatic rings. The summed E-state index contributed by atoms with van der Waals surface area (Å²) in [5, 5.41) is 10.3. The molecule has 10 heteroatoms. The van der Waals surface area contributed by atoms with Crippen LogP contribution in [-0.2, 0) is 6.54 Å². The van der Waals surface area contributed by atoms with Gasteiger partial charge in [0.2, 0.25) is 5.88 Å². The van der Waals surface area contributed by atoms with E-state index >= 15 is 0 Å². The van der Waals surface area contributed by atoms with E-state index in [0.717, 1.165) is 4.57 Å². The minimum Gasteiger partial charge on any atom is -0.493 e. The molecule has 0 radical (unpaired) electrons. The van der Waals surface area contributed by atoms with Gasteiger partial charge in [0.25, 0.3) is 0 Å². The number of aromatic nitrogens is 3. The number of pyridine rings is 1. The molecule has 4 rings (SSSR count). The van der Waals surface area contributed by atoms with E-state index in [4.69, 9.17) is 0 Å². The van der Waals surface area contributed by atoms with Crippen molar-refractivity contribution >= 4 is 11.8 Å². The smallest absolute Gasteiger partial charge is 0.446 e. The van der Waals surface area contributed by atoms with Crippen LogP contribution < -0.4 is 5.69 Å². The van der Waals surface area contributed by atoms with Crippen LogP contribution in [0, 0.1) is 5.82 Å². The van der Waals surface area contributed by atoms with Crippen molar-refractivity contribution in [3.63, 3.8) is 0 Å². The average molecular weight is 461 g/mol. The predicted octanol–water partition coefficient (Wildman–Crippen LogP) is 5.21. The molecule has 0 saturated heterocycles. The summed E-state index contributed by atoms with van der Waals surface area (Å²) in [6.45, 7) is 0.0939. The third-order valence-corrected chi connectivity index (χ3v) is 5.41. The lowest BCUT2D eigenvalue weighted by Crippen LogP contribution is -2.23. The van der Waals surface area contributed by atoms with Gasteiger partial charge in [-0.2, -0.15) is 13.2 Å². The highest BCUT2D eigenvalue weighted by atomic mass is 32.2. The maximum Gasteiger partial charge on any atom is 0.446 e. The lowest BCUT2D eigenvalue weighted by molar-refractivity contribution is -0.0328. The van der Waals surface area contributed by atoms with Crippen molar-refractivity contribution in [3.05, 3.63) is 95.1 Å². The Morgan fingerprint density at radius 2 is 1.69 bits per heavy atom. The molecule has 0 aliphatic heterocycles. The van der Waals surface area contributed by atoms with Crippen LogP contribution in [0.25, 0.3) is 16.8 Å². The van der Waals surface area contributed by atoms with Gasteiger partial charge in [0.15, 0.2) is 0 Å².